The van der Waals surface area contributed by atoms with Crippen LogP contribution in [0.1, 0.15) is 36.2 Å². The lowest BCUT2D eigenvalue weighted by atomic mass is 10.2. The molecule has 5 nitrogen and oxygen atoms in total. The average Bonchev–Trinajstić information content (AvgIpc) is 3.42. The molecule has 1 aliphatic rings. The lowest BCUT2D eigenvalue weighted by Crippen LogP contribution is -2.18. The molecule has 1 fully saturated rings. The van der Waals surface area contributed by atoms with Gasteiger partial charge in [-0.05, 0) is 56.0 Å². The predicted molar refractivity (Wildman–Crippen MR) is 101 cm³/mol. The van der Waals surface area contributed by atoms with E-state index in [-0.39, 0.29) is 5.91 Å². The predicted octanol–water partition coefficient (Wildman–Crippen LogP) is 4.90. The van der Waals surface area contributed by atoms with E-state index in [0.29, 0.717) is 23.3 Å². The van der Waals surface area contributed by atoms with Crippen molar-refractivity contribution in [3.63, 3.8) is 0 Å². The molecule has 1 saturated carbocycles. The molecule has 1 amide bonds. The van der Waals surface area contributed by atoms with E-state index >= 15 is 0 Å². The summed E-state index contributed by atoms with van der Waals surface area (Å²) in [6.45, 7) is 2.15. The first-order chi connectivity index (χ1) is 12.7. The van der Waals surface area contributed by atoms with Crippen molar-refractivity contribution < 1.29 is 9.53 Å². The fraction of sp³-hybridized carbons (Fsp3) is 0.238. The normalized spacial score (nSPS) is 14.7. The number of rotatable bonds is 6. The van der Waals surface area contributed by atoms with Gasteiger partial charge in [-0.15, -0.1) is 0 Å². The van der Waals surface area contributed by atoms with Gasteiger partial charge >= 0.3 is 0 Å². The molecule has 1 aromatic heterocycles. The number of hydrogen-bond acceptors (Lipinski definition) is 3. The largest absolute Gasteiger partial charge is 0.457 e. The fourth-order valence-corrected chi connectivity index (χ4v) is 3.03. The van der Waals surface area contributed by atoms with Crippen molar-refractivity contribution in [1.29, 1.82) is 0 Å². The number of aromatic nitrogens is 2. The maximum absolute atomic E-state index is 12.7. The van der Waals surface area contributed by atoms with E-state index < -0.39 is 0 Å². The SMILES string of the molecule is CC(C1CC1)n1nccc1NC(=O)c1cccc(Oc2ccccc2)c1. The van der Waals surface area contributed by atoms with E-state index in [1.54, 1.807) is 18.3 Å². The third kappa shape index (κ3) is 3.61. The summed E-state index contributed by atoms with van der Waals surface area (Å²) < 4.78 is 7.71. The Balaban J connectivity index is 1.49. The van der Waals surface area contributed by atoms with E-state index in [9.17, 15) is 4.79 Å². The zero-order valence-electron chi connectivity index (χ0n) is 14.6. The van der Waals surface area contributed by atoms with Crippen molar-refractivity contribution in [2.75, 3.05) is 5.32 Å². The number of carbonyl (C=O) groups excluding carboxylic acids is 1. The molecule has 132 valence electrons. The Morgan fingerprint density at radius 1 is 1.12 bits per heavy atom. The van der Waals surface area contributed by atoms with Crippen molar-refractivity contribution in [1.82, 2.24) is 9.78 Å². The van der Waals surface area contributed by atoms with Gasteiger partial charge in [0.25, 0.3) is 5.91 Å². The van der Waals surface area contributed by atoms with E-state index in [0.717, 1.165) is 11.6 Å². The molecule has 1 N–H and O–H groups in total. The van der Waals surface area contributed by atoms with E-state index in [2.05, 4.69) is 17.3 Å². The quantitative estimate of drug-likeness (QED) is 0.690. The van der Waals surface area contributed by atoms with Crippen LogP contribution >= 0.6 is 0 Å². The van der Waals surface area contributed by atoms with Crippen LogP contribution in [0.4, 0.5) is 5.82 Å². The number of nitrogens with one attached hydrogen (secondary N) is 1. The summed E-state index contributed by atoms with van der Waals surface area (Å²) in [7, 11) is 0. The third-order valence-electron chi connectivity index (χ3n) is 4.68. The molecule has 1 atom stereocenters. The molecule has 0 bridgehead atoms. The Morgan fingerprint density at radius 3 is 2.65 bits per heavy atom. The van der Waals surface area contributed by atoms with Crippen molar-refractivity contribution in [3.8, 4) is 11.5 Å². The lowest BCUT2D eigenvalue weighted by molar-refractivity contribution is 0.102. The molecule has 1 heterocycles. The molecule has 0 aliphatic heterocycles. The second-order valence-corrected chi connectivity index (χ2v) is 6.64. The average molecular weight is 347 g/mol. The first-order valence-electron chi connectivity index (χ1n) is 8.88. The Labute approximate surface area is 152 Å². The number of para-hydroxylation sites is 1. The standard InChI is InChI=1S/C21H21N3O2/c1-15(16-10-11-16)24-20(12-13-22-24)23-21(25)17-6-5-9-19(14-17)26-18-7-3-2-4-8-18/h2-9,12-16H,10-11H2,1H3,(H,23,25). The molecule has 1 unspecified atom stereocenters. The van der Waals surface area contributed by atoms with Crippen LogP contribution in [0, 0.1) is 5.92 Å². The van der Waals surface area contributed by atoms with Crippen LogP contribution in [-0.4, -0.2) is 15.7 Å². The maximum Gasteiger partial charge on any atom is 0.256 e. The minimum Gasteiger partial charge on any atom is -0.457 e. The highest BCUT2D eigenvalue weighted by Gasteiger charge is 2.30. The molecule has 4 rings (SSSR count). The van der Waals surface area contributed by atoms with Crippen LogP contribution in [0.5, 0.6) is 11.5 Å². The number of benzene rings is 2. The molecule has 2 aromatic carbocycles. The van der Waals surface area contributed by atoms with Gasteiger partial charge in [0.15, 0.2) is 0 Å². The molecular formula is C21H21N3O2. The van der Waals surface area contributed by atoms with Crippen LogP contribution in [0.2, 0.25) is 0 Å². The minimum absolute atomic E-state index is 0.173. The van der Waals surface area contributed by atoms with Crippen molar-refractivity contribution in [3.05, 3.63) is 72.4 Å². The Bertz CT molecular complexity index is 900. The summed E-state index contributed by atoms with van der Waals surface area (Å²) in [5.74, 6) is 2.58. The Morgan fingerprint density at radius 2 is 1.88 bits per heavy atom. The van der Waals surface area contributed by atoms with Gasteiger partial charge in [0, 0.05) is 11.6 Å². The topological polar surface area (TPSA) is 56.2 Å². The molecule has 0 spiro atoms. The number of anilines is 1. The first kappa shape index (κ1) is 16.4. The van der Waals surface area contributed by atoms with E-state index in [4.69, 9.17) is 4.74 Å². The second kappa shape index (κ2) is 7.04. The maximum atomic E-state index is 12.7. The van der Waals surface area contributed by atoms with Crippen LogP contribution in [-0.2, 0) is 0 Å². The highest BCUT2D eigenvalue weighted by Crippen LogP contribution is 2.40. The summed E-state index contributed by atoms with van der Waals surface area (Å²) in [5.41, 5.74) is 0.547. The second-order valence-electron chi connectivity index (χ2n) is 6.64. The Hall–Kier alpha value is -3.08. The molecule has 1 aliphatic carbocycles. The van der Waals surface area contributed by atoms with E-state index in [1.807, 2.05) is 53.2 Å². The summed E-state index contributed by atoms with van der Waals surface area (Å²) >= 11 is 0. The highest BCUT2D eigenvalue weighted by atomic mass is 16.5. The smallest absolute Gasteiger partial charge is 0.256 e. The van der Waals surface area contributed by atoms with Crippen LogP contribution in [0.25, 0.3) is 0 Å². The van der Waals surface area contributed by atoms with E-state index in [1.165, 1.54) is 12.8 Å². The number of nitrogens with zero attached hydrogens (tertiary/aromatic N) is 2. The summed E-state index contributed by atoms with van der Waals surface area (Å²) in [5, 5.41) is 7.34. The highest BCUT2D eigenvalue weighted by molar-refractivity contribution is 6.04. The van der Waals surface area contributed by atoms with Crippen LogP contribution in [0.15, 0.2) is 66.9 Å². The number of hydrogen-bond donors (Lipinski definition) is 1. The van der Waals surface area contributed by atoms with Gasteiger partial charge < -0.3 is 10.1 Å². The van der Waals surface area contributed by atoms with Gasteiger partial charge in [-0.25, -0.2) is 4.68 Å². The Kier molecular flexibility index (Phi) is 4.44. The zero-order valence-corrected chi connectivity index (χ0v) is 14.6. The first-order valence-corrected chi connectivity index (χ1v) is 8.88. The summed E-state index contributed by atoms with van der Waals surface area (Å²) in [6.07, 6.45) is 4.18. The van der Waals surface area contributed by atoms with Gasteiger partial charge in [-0.2, -0.15) is 5.10 Å². The van der Waals surface area contributed by atoms with Crippen LogP contribution < -0.4 is 10.1 Å². The molecule has 0 radical (unpaired) electrons. The van der Waals surface area contributed by atoms with Gasteiger partial charge in [0.05, 0.1) is 12.2 Å². The number of amides is 1. The van der Waals surface area contributed by atoms with Crippen molar-refractivity contribution in [2.45, 2.75) is 25.8 Å². The zero-order chi connectivity index (χ0) is 17.9. The molecule has 0 saturated heterocycles. The fourth-order valence-electron chi connectivity index (χ4n) is 3.03. The molecular weight excluding hydrogens is 326 g/mol. The summed E-state index contributed by atoms with van der Waals surface area (Å²) in [6, 6.07) is 18.8. The monoisotopic (exact) mass is 347 g/mol. The van der Waals surface area contributed by atoms with Crippen molar-refractivity contribution >= 4 is 11.7 Å². The third-order valence-corrected chi connectivity index (χ3v) is 4.68. The number of carbonyl (C=O) groups is 1. The van der Waals surface area contributed by atoms with Crippen molar-refractivity contribution in [2.24, 2.45) is 5.92 Å². The van der Waals surface area contributed by atoms with Crippen LogP contribution in [0.3, 0.4) is 0 Å². The molecule has 3 aromatic rings. The lowest BCUT2D eigenvalue weighted by Gasteiger charge is -2.15. The van der Waals surface area contributed by atoms with Gasteiger partial charge in [-0.3, -0.25) is 4.79 Å². The number of ether oxygens (including phenoxy) is 1. The summed E-state index contributed by atoms with van der Waals surface area (Å²) in [4.78, 5) is 12.7. The van der Waals surface area contributed by atoms with Gasteiger partial charge in [0.2, 0.25) is 0 Å². The molecule has 5 heteroatoms. The van der Waals surface area contributed by atoms with Gasteiger partial charge in [-0.1, -0.05) is 24.3 Å². The molecule has 26 heavy (non-hydrogen) atoms. The minimum atomic E-state index is -0.173. The van der Waals surface area contributed by atoms with Gasteiger partial charge in [0.1, 0.15) is 17.3 Å².